The lowest BCUT2D eigenvalue weighted by atomic mass is 9.45. The molecule has 2 heterocycles. The first-order chi connectivity index (χ1) is 26.2. The Labute approximate surface area is 328 Å². The molecule has 2 aromatic carbocycles. The van der Waals surface area contributed by atoms with Gasteiger partial charge in [0.2, 0.25) is 5.91 Å². The summed E-state index contributed by atoms with van der Waals surface area (Å²) in [5, 5.41) is 26.4. The van der Waals surface area contributed by atoms with Gasteiger partial charge >= 0.3 is 0 Å². The Morgan fingerprint density at radius 1 is 1.05 bits per heavy atom. The molecule has 304 valence electrons. The van der Waals surface area contributed by atoms with Gasteiger partial charge in [-0.3, -0.25) is 19.3 Å². The van der Waals surface area contributed by atoms with Gasteiger partial charge < -0.3 is 30.9 Å². The van der Waals surface area contributed by atoms with Crippen molar-refractivity contribution in [1.82, 2.24) is 20.2 Å². The van der Waals surface area contributed by atoms with Crippen LogP contribution in [0.25, 0.3) is 0 Å². The lowest BCUT2D eigenvalue weighted by molar-refractivity contribution is -0.183. The molecule has 2 aliphatic heterocycles. The van der Waals surface area contributed by atoms with E-state index in [-0.39, 0.29) is 31.2 Å². The first-order valence-electron chi connectivity index (χ1n) is 20.8. The van der Waals surface area contributed by atoms with Crippen LogP contribution in [-0.4, -0.2) is 100 Å². The van der Waals surface area contributed by atoms with Crippen molar-refractivity contribution in [3.63, 3.8) is 0 Å². The number of nitrogens with one attached hydrogen (secondary N) is 1. The average molecular weight is 762 g/mol. The Morgan fingerprint density at radius 3 is 2.44 bits per heavy atom. The Balaban J connectivity index is 1.23. The number of aliphatic hydroxyl groups excluding tert-OH is 2. The van der Waals surface area contributed by atoms with Gasteiger partial charge in [0.05, 0.1) is 19.3 Å². The summed E-state index contributed by atoms with van der Waals surface area (Å²) in [4.78, 5) is 37.3. The third-order valence-electron chi connectivity index (χ3n) is 13.4. The molecule has 11 heteroatoms. The summed E-state index contributed by atoms with van der Waals surface area (Å²) in [5.74, 6) is 1.47. The van der Waals surface area contributed by atoms with Crippen LogP contribution in [0, 0.1) is 35.0 Å². The molecule has 2 amide bonds. The quantitative estimate of drug-likeness (QED) is 0.170. The van der Waals surface area contributed by atoms with Gasteiger partial charge in [0, 0.05) is 43.2 Å². The van der Waals surface area contributed by atoms with E-state index >= 15 is 0 Å². The summed E-state index contributed by atoms with van der Waals surface area (Å²) >= 11 is 0. The number of ether oxygens (including phenoxy) is 1. The van der Waals surface area contributed by atoms with E-state index < -0.39 is 30.1 Å². The Bertz CT molecular complexity index is 1600. The zero-order valence-corrected chi connectivity index (χ0v) is 34.0. The normalized spacial score (nSPS) is 28.9. The molecular weight excluding hydrogens is 695 g/mol. The summed E-state index contributed by atoms with van der Waals surface area (Å²) in [6.45, 7) is 17.6. The van der Waals surface area contributed by atoms with Crippen LogP contribution in [-0.2, 0) is 34.1 Å². The maximum atomic E-state index is 14.2. The predicted molar refractivity (Wildman–Crippen MR) is 213 cm³/mol. The second kappa shape index (κ2) is 18.0. The van der Waals surface area contributed by atoms with Crippen molar-refractivity contribution in [2.75, 3.05) is 32.8 Å². The minimum atomic E-state index is -0.850. The summed E-state index contributed by atoms with van der Waals surface area (Å²) < 4.78 is 5.88. The molecule has 0 spiro atoms. The monoisotopic (exact) mass is 762 g/mol. The van der Waals surface area contributed by atoms with Crippen LogP contribution in [0.2, 0.25) is 0 Å². The van der Waals surface area contributed by atoms with E-state index in [0.29, 0.717) is 54.5 Å². The molecule has 3 aliphatic carbocycles. The molecule has 2 aromatic rings. The zero-order chi connectivity index (χ0) is 39.4. The number of hydrogen-bond acceptors (Lipinski definition) is 9. The highest BCUT2D eigenvalue weighted by molar-refractivity contribution is 5.83. The first kappa shape index (κ1) is 41.6. The lowest BCUT2D eigenvalue weighted by Gasteiger charge is -2.62. The largest absolute Gasteiger partial charge is 0.483 e. The van der Waals surface area contributed by atoms with E-state index in [1.807, 2.05) is 18.2 Å². The van der Waals surface area contributed by atoms with Crippen LogP contribution >= 0.6 is 0 Å². The van der Waals surface area contributed by atoms with E-state index in [2.05, 4.69) is 80.1 Å². The number of nitrogens with zero attached hydrogens (tertiary/aromatic N) is 3. The molecule has 2 bridgehead atoms. The van der Waals surface area contributed by atoms with E-state index in [0.717, 1.165) is 49.2 Å². The third kappa shape index (κ3) is 9.74. The van der Waals surface area contributed by atoms with Crippen molar-refractivity contribution in [3.05, 3.63) is 65.2 Å². The Hall–Kier alpha value is -3.06. The van der Waals surface area contributed by atoms with E-state index in [1.165, 1.54) is 19.3 Å². The smallest absolute Gasteiger partial charge is 0.255 e. The lowest BCUT2D eigenvalue weighted by Crippen LogP contribution is -2.62. The second-order valence-electron chi connectivity index (χ2n) is 18.1. The number of amides is 2. The number of likely N-dealkylation sites (tertiary alicyclic amines) is 1. The number of hydroxylamine groups is 2. The van der Waals surface area contributed by atoms with Gasteiger partial charge in [-0.15, -0.1) is 0 Å². The van der Waals surface area contributed by atoms with Gasteiger partial charge in [-0.2, -0.15) is 5.06 Å². The Kier molecular flexibility index (Phi) is 13.6. The molecule has 0 unspecified atom stereocenters. The van der Waals surface area contributed by atoms with Crippen LogP contribution in [0.5, 0.6) is 5.75 Å². The number of primary amides is 1. The minimum absolute atomic E-state index is 0.0777. The van der Waals surface area contributed by atoms with Gasteiger partial charge in [-0.1, -0.05) is 77.1 Å². The highest BCUT2D eigenvalue weighted by Gasteiger charge is 2.57. The van der Waals surface area contributed by atoms with Gasteiger partial charge in [-0.25, -0.2) is 0 Å². The highest BCUT2D eigenvalue weighted by atomic mass is 16.7. The average Bonchev–Trinajstić information content (AvgIpc) is 3.79. The number of rotatable bonds is 18. The number of para-hydroxylation sites is 1. The van der Waals surface area contributed by atoms with E-state index in [1.54, 1.807) is 12.0 Å². The maximum absolute atomic E-state index is 14.2. The second-order valence-corrected chi connectivity index (χ2v) is 18.1. The van der Waals surface area contributed by atoms with Crippen molar-refractivity contribution in [3.8, 4) is 5.75 Å². The number of fused-ring (bicyclic) bond motifs is 2. The molecule has 11 nitrogen and oxygen atoms in total. The fourth-order valence-corrected chi connectivity index (χ4v) is 10.3. The van der Waals surface area contributed by atoms with Crippen LogP contribution in [0.15, 0.2) is 48.5 Å². The first-order valence-corrected chi connectivity index (χ1v) is 20.8. The number of aliphatic hydroxyl groups is 2. The third-order valence-corrected chi connectivity index (χ3v) is 13.4. The highest BCUT2D eigenvalue weighted by Crippen LogP contribution is 2.61. The number of benzene rings is 2. The number of nitrogens with two attached hydrogens (primary N) is 1. The fourth-order valence-electron chi connectivity index (χ4n) is 10.3. The SMILES string of the molecule is CC(C)C[C@@H](CN1CCCC1)N(Cc1cccc(CN2O[C@@H](CO)[C@@H]([C@H](C)O)[C@H]2C(=O)N[C@H]2C[C@@H]3C[C@H]([C@@H]2C)C3(C)C)c1)Cc1ccccc1OCC(N)=O. The van der Waals surface area contributed by atoms with Crippen molar-refractivity contribution in [1.29, 1.82) is 0 Å². The molecule has 7 rings (SSSR count). The van der Waals surface area contributed by atoms with Crippen LogP contribution < -0.4 is 15.8 Å². The molecule has 5 fully saturated rings. The number of carbonyl (C=O) groups is 2. The van der Waals surface area contributed by atoms with Gasteiger partial charge in [0.15, 0.2) is 6.61 Å². The van der Waals surface area contributed by atoms with E-state index in [9.17, 15) is 19.8 Å². The molecule has 3 saturated carbocycles. The molecule has 5 N–H and O–H groups in total. The minimum Gasteiger partial charge on any atom is -0.483 e. The van der Waals surface area contributed by atoms with Crippen LogP contribution in [0.4, 0.5) is 0 Å². The van der Waals surface area contributed by atoms with Crippen molar-refractivity contribution in [2.24, 2.45) is 40.7 Å². The molecule has 55 heavy (non-hydrogen) atoms. The Morgan fingerprint density at radius 2 is 1.78 bits per heavy atom. The van der Waals surface area contributed by atoms with Gasteiger partial charge in [-0.05, 0) is 98.4 Å². The van der Waals surface area contributed by atoms with Crippen molar-refractivity contribution >= 4 is 11.8 Å². The molecule has 0 aromatic heterocycles. The fraction of sp³-hybridized carbons (Fsp3) is 0.682. The van der Waals surface area contributed by atoms with Crippen molar-refractivity contribution in [2.45, 2.75) is 124 Å². The van der Waals surface area contributed by atoms with E-state index in [4.69, 9.17) is 15.3 Å². The zero-order valence-electron chi connectivity index (χ0n) is 34.0. The molecule has 5 aliphatic rings. The summed E-state index contributed by atoms with van der Waals surface area (Å²) in [7, 11) is 0. The number of carbonyl (C=O) groups excluding carboxylic acids is 2. The van der Waals surface area contributed by atoms with Gasteiger partial charge in [0.1, 0.15) is 17.9 Å². The maximum Gasteiger partial charge on any atom is 0.255 e. The molecular formula is C44H67N5O6. The molecule has 0 radical (unpaired) electrons. The molecule has 2 saturated heterocycles. The standard InChI is InChI=1S/C44H67N5O6/c1-28(2)18-35(25-47-16-9-10-17-47)48(24-33-14-7-8-15-38(33)54-27-40(45)52)22-31-12-11-13-32(19-31)23-49-42(41(30(4)51)39(26-50)55-49)43(53)46-37-21-34-20-36(29(37)3)44(34,5)6/h7-8,11-15,19,28-30,34-37,39,41-42,50-51H,9-10,16-18,20-27H2,1-6H3,(H2,45,52)(H,46,53)/t29-,30-,34-,35-,36+,37-,39-,41+,42-/m0/s1. The van der Waals surface area contributed by atoms with Gasteiger partial charge in [0.25, 0.3) is 5.91 Å². The summed E-state index contributed by atoms with van der Waals surface area (Å²) in [5.41, 5.74) is 8.87. The molecule has 9 atom stereocenters. The van der Waals surface area contributed by atoms with Crippen LogP contribution in [0.1, 0.15) is 90.3 Å². The summed E-state index contributed by atoms with van der Waals surface area (Å²) in [6, 6.07) is 15.9. The topological polar surface area (TPSA) is 141 Å². The van der Waals surface area contributed by atoms with Crippen molar-refractivity contribution < 1.29 is 29.4 Å². The summed E-state index contributed by atoms with van der Waals surface area (Å²) in [6.07, 6.45) is 4.13. The van der Waals surface area contributed by atoms with Crippen LogP contribution in [0.3, 0.4) is 0 Å². The number of hydrogen-bond donors (Lipinski definition) is 4. The predicted octanol–water partition coefficient (Wildman–Crippen LogP) is 4.72.